The Morgan fingerprint density at radius 2 is 1.65 bits per heavy atom. The van der Waals surface area contributed by atoms with Crippen LogP contribution in [0.25, 0.3) is 0 Å². The summed E-state index contributed by atoms with van der Waals surface area (Å²) in [4.78, 5) is 12.5. The zero-order chi connectivity index (χ0) is 18.4. The number of rotatable bonds is 5. The van der Waals surface area contributed by atoms with Crippen molar-refractivity contribution in [3.8, 4) is 5.75 Å². The van der Waals surface area contributed by atoms with Crippen molar-refractivity contribution < 1.29 is 14.3 Å². The van der Waals surface area contributed by atoms with Crippen molar-refractivity contribution in [2.45, 2.75) is 13.3 Å². The first-order chi connectivity index (χ1) is 12.7. The molecule has 0 aliphatic heterocycles. The van der Waals surface area contributed by atoms with E-state index in [1.165, 1.54) is 0 Å². The quantitative estimate of drug-likeness (QED) is 0.557. The fraction of sp³-hybridized carbons (Fsp3) is 0.130. The summed E-state index contributed by atoms with van der Waals surface area (Å²) in [5.74, 6) is 2.15. The van der Waals surface area contributed by atoms with Gasteiger partial charge in [-0.2, -0.15) is 0 Å². The van der Waals surface area contributed by atoms with Gasteiger partial charge in [0, 0.05) is 17.5 Å². The topological polar surface area (TPSA) is 35.5 Å². The maximum absolute atomic E-state index is 12.5. The minimum Gasteiger partial charge on any atom is -0.493 e. The van der Waals surface area contributed by atoms with E-state index in [1.807, 2.05) is 49.4 Å². The van der Waals surface area contributed by atoms with Gasteiger partial charge in [-0.15, -0.1) is 0 Å². The Morgan fingerprint density at radius 3 is 2.31 bits per heavy atom. The van der Waals surface area contributed by atoms with Crippen LogP contribution in [-0.2, 0) is 4.74 Å². The van der Waals surface area contributed by atoms with Gasteiger partial charge in [-0.3, -0.25) is 4.79 Å². The van der Waals surface area contributed by atoms with Gasteiger partial charge in [-0.05, 0) is 49.4 Å². The first-order valence-electron chi connectivity index (χ1n) is 8.41. The Hall–Kier alpha value is -3.29. The molecule has 0 bridgehead atoms. The van der Waals surface area contributed by atoms with Crippen molar-refractivity contribution in [2.75, 3.05) is 7.11 Å². The van der Waals surface area contributed by atoms with Crippen molar-refractivity contribution in [2.24, 2.45) is 0 Å². The molecule has 0 saturated carbocycles. The van der Waals surface area contributed by atoms with Gasteiger partial charge >= 0.3 is 0 Å². The van der Waals surface area contributed by atoms with Crippen LogP contribution >= 0.6 is 0 Å². The maximum atomic E-state index is 12.5. The highest BCUT2D eigenvalue weighted by atomic mass is 16.5. The van der Waals surface area contributed by atoms with Gasteiger partial charge in [0.25, 0.3) is 0 Å². The van der Waals surface area contributed by atoms with Gasteiger partial charge in [-0.1, -0.05) is 41.6 Å². The third kappa shape index (κ3) is 4.41. The predicted octanol–water partition coefficient (Wildman–Crippen LogP) is 5.13. The smallest absolute Gasteiger partial charge is 0.193 e. The maximum Gasteiger partial charge on any atom is 0.193 e. The molecule has 0 unspecified atom stereocenters. The highest BCUT2D eigenvalue weighted by Gasteiger charge is 2.09. The van der Waals surface area contributed by atoms with Gasteiger partial charge in [0.1, 0.15) is 17.3 Å². The molecule has 0 aromatic heterocycles. The fourth-order valence-corrected chi connectivity index (χ4v) is 2.51. The normalized spacial score (nSPS) is 16.5. The molecule has 0 heterocycles. The van der Waals surface area contributed by atoms with Crippen LogP contribution in [-0.4, -0.2) is 12.9 Å². The van der Waals surface area contributed by atoms with Gasteiger partial charge in [0.05, 0.1) is 7.11 Å². The minimum absolute atomic E-state index is 0.00165. The lowest BCUT2D eigenvalue weighted by Crippen LogP contribution is -2.01. The van der Waals surface area contributed by atoms with Crippen molar-refractivity contribution >= 4 is 5.78 Å². The Kier molecular flexibility index (Phi) is 5.52. The molecule has 2 aromatic carbocycles. The molecule has 0 fully saturated rings. The summed E-state index contributed by atoms with van der Waals surface area (Å²) in [6.45, 7) is 2.00. The average molecular weight is 344 g/mol. The third-order valence-corrected chi connectivity index (χ3v) is 3.99. The SMILES string of the molecule is COC1=C=C/C=C(Oc2ccc(C(=O)c3ccc(C)cc3)cc2)\C=C/C1. The van der Waals surface area contributed by atoms with Crippen LogP contribution in [0.3, 0.4) is 0 Å². The van der Waals surface area contributed by atoms with E-state index >= 15 is 0 Å². The van der Waals surface area contributed by atoms with E-state index in [0.717, 1.165) is 11.3 Å². The predicted molar refractivity (Wildman–Crippen MR) is 102 cm³/mol. The molecule has 0 N–H and O–H groups in total. The van der Waals surface area contributed by atoms with Crippen molar-refractivity contribution in [1.29, 1.82) is 0 Å². The van der Waals surface area contributed by atoms with E-state index in [4.69, 9.17) is 9.47 Å². The summed E-state index contributed by atoms with van der Waals surface area (Å²) in [5.41, 5.74) is 5.50. The molecule has 130 valence electrons. The molecule has 3 nitrogen and oxygen atoms in total. The van der Waals surface area contributed by atoms with E-state index in [9.17, 15) is 4.79 Å². The molecule has 0 amide bonds. The molecule has 3 heteroatoms. The highest BCUT2D eigenvalue weighted by molar-refractivity contribution is 6.09. The lowest BCUT2D eigenvalue weighted by atomic mass is 10.0. The largest absolute Gasteiger partial charge is 0.493 e. The second-order valence-corrected chi connectivity index (χ2v) is 5.94. The summed E-state index contributed by atoms with van der Waals surface area (Å²) in [7, 11) is 1.63. The van der Waals surface area contributed by atoms with E-state index in [-0.39, 0.29) is 5.78 Å². The molecule has 0 spiro atoms. The summed E-state index contributed by atoms with van der Waals surface area (Å²) in [6, 6.07) is 14.7. The molecule has 0 radical (unpaired) electrons. The van der Waals surface area contributed by atoms with E-state index < -0.39 is 0 Å². The van der Waals surface area contributed by atoms with Crippen molar-refractivity contribution in [1.82, 2.24) is 0 Å². The molecule has 26 heavy (non-hydrogen) atoms. The first kappa shape index (κ1) is 17.5. The van der Waals surface area contributed by atoms with Crippen LogP contribution in [0.15, 0.2) is 90.1 Å². The average Bonchev–Trinajstić information content (AvgIpc) is 2.64. The molecule has 1 aliphatic rings. The zero-order valence-electron chi connectivity index (χ0n) is 14.9. The standard InChI is InChI=1S/C23H20O3/c1-17-9-11-18(12-10-17)23(24)19-13-15-22(16-14-19)26-21-7-3-5-20(25-2)6-4-8-21/h3-4,7-16H,5H2,1-2H3/b7-3-,21-8+. The monoisotopic (exact) mass is 344 g/mol. The number of allylic oxidation sites excluding steroid dienone is 3. The second kappa shape index (κ2) is 8.19. The first-order valence-corrected chi connectivity index (χ1v) is 8.41. The molecule has 0 atom stereocenters. The number of aryl methyl sites for hydroxylation is 1. The molecule has 0 saturated heterocycles. The van der Waals surface area contributed by atoms with E-state index in [2.05, 4.69) is 5.73 Å². The van der Waals surface area contributed by atoms with E-state index in [1.54, 1.807) is 37.5 Å². The number of carbonyl (C=O) groups excluding carboxylic acids is 1. The van der Waals surface area contributed by atoms with Crippen LogP contribution in [0.5, 0.6) is 5.75 Å². The third-order valence-electron chi connectivity index (χ3n) is 3.99. The summed E-state index contributed by atoms with van der Waals surface area (Å²) >= 11 is 0. The number of ether oxygens (including phenoxy) is 2. The van der Waals surface area contributed by atoms with Crippen LogP contribution in [0.2, 0.25) is 0 Å². The number of carbonyl (C=O) groups is 1. The van der Waals surface area contributed by atoms with Gasteiger partial charge < -0.3 is 9.47 Å². The Labute approximate surface area is 153 Å². The Balaban J connectivity index is 1.73. The number of ketones is 1. The lowest BCUT2D eigenvalue weighted by molar-refractivity contribution is 0.103. The Morgan fingerprint density at radius 1 is 1.00 bits per heavy atom. The molecular formula is C23H20O3. The summed E-state index contributed by atoms with van der Waals surface area (Å²) in [5, 5.41) is 0. The summed E-state index contributed by atoms with van der Waals surface area (Å²) < 4.78 is 11.0. The molecular weight excluding hydrogens is 324 g/mol. The molecule has 1 aliphatic carbocycles. The van der Waals surface area contributed by atoms with Gasteiger partial charge in [0.2, 0.25) is 0 Å². The summed E-state index contributed by atoms with van der Waals surface area (Å²) in [6.07, 6.45) is 8.10. The van der Waals surface area contributed by atoms with Crippen LogP contribution in [0.4, 0.5) is 0 Å². The Bertz CT molecular complexity index is 907. The van der Waals surface area contributed by atoms with Crippen LogP contribution < -0.4 is 4.74 Å². The van der Waals surface area contributed by atoms with E-state index in [0.29, 0.717) is 29.1 Å². The number of benzene rings is 2. The second-order valence-electron chi connectivity index (χ2n) is 5.94. The number of hydrogen-bond donors (Lipinski definition) is 0. The molecule has 2 aromatic rings. The minimum atomic E-state index is 0.00165. The number of hydrogen-bond acceptors (Lipinski definition) is 3. The van der Waals surface area contributed by atoms with Crippen LogP contribution in [0.1, 0.15) is 27.9 Å². The number of methoxy groups -OCH3 is 1. The highest BCUT2D eigenvalue weighted by Crippen LogP contribution is 2.19. The van der Waals surface area contributed by atoms with Gasteiger partial charge in [-0.25, -0.2) is 0 Å². The van der Waals surface area contributed by atoms with Gasteiger partial charge in [0.15, 0.2) is 5.78 Å². The molecule has 3 rings (SSSR count). The zero-order valence-corrected chi connectivity index (χ0v) is 14.9. The van der Waals surface area contributed by atoms with Crippen LogP contribution in [0, 0.1) is 6.92 Å². The van der Waals surface area contributed by atoms with Crippen molar-refractivity contribution in [3.63, 3.8) is 0 Å². The lowest BCUT2D eigenvalue weighted by Gasteiger charge is -2.08. The fourth-order valence-electron chi connectivity index (χ4n) is 2.51. The van der Waals surface area contributed by atoms with Crippen molar-refractivity contribution in [3.05, 3.63) is 107 Å².